The predicted octanol–water partition coefficient (Wildman–Crippen LogP) is 3.43. The van der Waals surface area contributed by atoms with Crippen LogP contribution in [0.3, 0.4) is 0 Å². The topological polar surface area (TPSA) is 51.0 Å². The van der Waals surface area contributed by atoms with E-state index in [1.165, 1.54) is 0 Å². The summed E-state index contributed by atoms with van der Waals surface area (Å²) in [5, 5.41) is 5.32. The molecular formula is C20H22N4O. The van der Waals surface area contributed by atoms with Gasteiger partial charge in [-0.2, -0.15) is 5.10 Å². The van der Waals surface area contributed by atoms with E-state index in [0.717, 1.165) is 54.4 Å². The molecule has 128 valence electrons. The number of aromatic nitrogens is 3. The number of aryl methyl sites for hydroxylation is 1. The molecule has 0 radical (unpaired) electrons. The molecule has 5 heteroatoms. The van der Waals surface area contributed by atoms with Crippen molar-refractivity contribution in [2.45, 2.75) is 38.8 Å². The number of pyridine rings is 1. The standard InChI is InChI=1S/C20H22N4O/c1-15-12-22-23(13-15)14-16-6-2-3-11-24(16)20(25)18-7-4-9-19-17(18)8-5-10-21-19/h4-5,7-10,12-13,16H,2-3,6,11,14H2,1H3/t16-/m1/s1. The summed E-state index contributed by atoms with van der Waals surface area (Å²) in [5.74, 6) is 0.104. The van der Waals surface area contributed by atoms with Crippen LogP contribution in [0.25, 0.3) is 10.9 Å². The van der Waals surface area contributed by atoms with Gasteiger partial charge in [0, 0.05) is 29.9 Å². The lowest BCUT2D eigenvalue weighted by molar-refractivity contribution is 0.0586. The van der Waals surface area contributed by atoms with Gasteiger partial charge in [0.15, 0.2) is 0 Å². The van der Waals surface area contributed by atoms with Crippen molar-refractivity contribution >= 4 is 16.8 Å². The van der Waals surface area contributed by atoms with Crippen LogP contribution in [0.5, 0.6) is 0 Å². The van der Waals surface area contributed by atoms with E-state index in [4.69, 9.17) is 0 Å². The molecule has 0 saturated carbocycles. The maximum Gasteiger partial charge on any atom is 0.254 e. The van der Waals surface area contributed by atoms with Crippen molar-refractivity contribution in [2.75, 3.05) is 6.54 Å². The third-order valence-corrected chi connectivity index (χ3v) is 4.92. The van der Waals surface area contributed by atoms with E-state index in [2.05, 4.69) is 10.1 Å². The maximum absolute atomic E-state index is 13.3. The van der Waals surface area contributed by atoms with Gasteiger partial charge in [0.25, 0.3) is 5.91 Å². The number of fused-ring (bicyclic) bond motifs is 1. The zero-order chi connectivity index (χ0) is 17.2. The lowest BCUT2D eigenvalue weighted by Crippen LogP contribution is -2.46. The third-order valence-electron chi connectivity index (χ3n) is 4.92. The second-order valence-electron chi connectivity index (χ2n) is 6.76. The van der Waals surface area contributed by atoms with Gasteiger partial charge >= 0.3 is 0 Å². The summed E-state index contributed by atoms with van der Waals surface area (Å²) in [6.07, 6.45) is 8.91. The predicted molar refractivity (Wildman–Crippen MR) is 97.4 cm³/mol. The number of carbonyl (C=O) groups excluding carboxylic acids is 1. The van der Waals surface area contributed by atoms with Crippen LogP contribution in [0.2, 0.25) is 0 Å². The van der Waals surface area contributed by atoms with Crippen molar-refractivity contribution < 1.29 is 4.79 Å². The molecule has 1 atom stereocenters. The zero-order valence-electron chi connectivity index (χ0n) is 14.4. The highest BCUT2D eigenvalue weighted by atomic mass is 16.2. The first-order valence-electron chi connectivity index (χ1n) is 8.86. The van der Waals surface area contributed by atoms with Gasteiger partial charge in [-0.25, -0.2) is 0 Å². The quantitative estimate of drug-likeness (QED) is 0.737. The highest BCUT2D eigenvalue weighted by molar-refractivity contribution is 6.06. The minimum absolute atomic E-state index is 0.104. The normalized spacial score (nSPS) is 17.8. The Morgan fingerprint density at radius 1 is 1.24 bits per heavy atom. The van der Waals surface area contributed by atoms with Gasteiger partial charge in [-0.3, -0.25) is 14.5 Å². The molecule has 0 aliphatic carbocycles. The lowest BCUT2D eigenvalue weighted by atomic mass is 9.99. The molecule has 0 bridgehead atoms. The number of hydrogen-bond donors (Lipinski definition) is 0. The average Bonchev–Trinajstić information content (AvgIpc) is 3.06. The highest BCUT2D eigenvalue weighted by Gasteiger charge is 2.28. The number of amides is 1. The second-order valence-corrected chi connectivity index (χ2v) is 6.76. The van der Waals surface area contributed by atoms with Crippen molar-refractivity contribution in [3.8, 4) is 0 Å². The van der Waals surface area contributed by atoms with Crippen LogP contribution in [0.15, 0.2) is 48.9 Å². The van der Waals surface area contributed by atoms with Gasteiger partial charge in [0.05, 0.1) is 24.3 Å². The largest absolute Gasteiger partial charge is 0.334 e. The van der Waals surface area contributed by atoms with Crippen molar-refractivity contribution in [3.63, 3.8) is 0 Å². The van der Waals surface area contributed by atoms with Gasteiger partial charge in [-0.15, -0.1) is 0 Å². The van der Waals surface area contributed by atoms with E-state index in [1.54, 1.807) is 6.20 Å². The molecule has 1 aromatic carbocycles. The molecule has 1 aliphatic heterocycles. The summed E-state index contributed by atoms with van der Waals surface area (Å²) in [7, 11) is 0. The van der Waals surface area contributed by atoms with Crippen LogP contribution in [-0.4, -0.2) is 38.2 Å². The minimum Gasteiger partial charge on any atom is -0.334 e. The fourth-order valence-corrected chi connectivity index (χ4v) is 3.69. The summed E-state index contributed by atoms with van der Waals surface area (Å²) in [6.45, 7) is 3.60. The van der Waals surface area contributed by atoms with Crippen LogP contribution in [0.4, 0.5) is 0 Å². The Morgan fingerprint density at radius 2 is 2.16 bits per heavy atom. The molecule has 5 nitrogen and oxygen atoms in total. The Morgan fingerprint density at radius 3 is 3.00 bits per heavy atom. The summed E-state index contributed by atoms with van der Waals surface area (Å²) in [5.41, 5.74) is 2.76. The van der Waals surface area contributed by atoms with Gasteiger partial charge in [-0.05, 0) is 49.9 Å². The maximum atomic E-state index is 13.3. The monoisotopic (exact) mass is 334 g/mol. The first-order valence-corrected chi connectivity index (χ1v) is 8.86. The fraction of sp³-hybridized carbons (Fsp3) is 0.350. The van der Waals surface area contributed by atoms with E-state index in [9.17, 15) is 4.79 Å². The zero-order valence-corrected chi connectivity index (χ0v) is 14.4. The number of nitrogens with zero attached hydrogens (tertiary/aromatic N) is 4. The summed E-state index contributed by atoms with van der Waals surface area (Å²) in [4.78, 5) is 19.7. The van der Waals surface area contributed by atoms with E-state index >= 15 is 0 Å². The van der Waals surface area contributed by atoms with Crippen LogP contribution in [0.1, 0.15) is 35.2 Å². The number of carbonyl (C=O) groups is 1. The average molecular weight is 334 g/mol. The van der Waals surface area contributed by atoms with Crippen molar-refractivity contribution in [2.24, 2.45) is 0 Å². The smallest absolute Gasteiger partial charge is 0.254 e. The van der Waals surface area contributed by atoms with Crippen LogP contribution >= 0.6 is 0 Å². The molecule has 25 heavy (non-hydrogen) atoms. The Kier molecular flexibility index (Phi) is 4.22. The Labute approximate surface area is 147 Å². The second kappa shape index (κ2) is 6.67. The fourth-order valence-electron chi connectivity index (χ4n) is 3.69. The Hall–Kier alpha value is -2.69. The molecule has 1 aliphatic rings. The summed E-state index contributed by atoms with van der Waals surface area (Å²) >= 11 is 0. The van der Waals surface area contributed by atoms with Gasteiger partial charge in [0.2, 0.25) is 0 Å². The minimum atomic E-state index is 0.104. The van der Waals surface area contributed by atoms with Crippen LogP contribution < -0.4 is 0 Å². The molecule has 1 amide bonds. The highest BCUT2D eigenvalue weighted by Crippen LogP contribution is 2.24. The third kappa shape index (κ3) is 3.14. The van der Waals surface area contributed by atoms with E-state index in [0.29, 0.717) is 0 Å². The summed E-state index contributed by atoms with van der Waals surface area (Å²) < 4.78 is 1.95. The van der Waals surface area contributed by atoms with Crippen LogP contribution in [-0.2, 0) is 6.54 Å². The number of hydrogen-bond acceptors (Lipinski definition) is 3. The van der Waals surface area contributed by atoms with Gasteiger partial charge in [-0.1, -0.05) is 12.1 Å². The molecule has 1 fully saturated rings. The molecule has 3 aromatic rings. The summed E-state index contributed by atoms with van der Waals surface area (Å²) in [6, 6.07) is 9.83. The number of piperidine rings is 1. The first-order chi connectivity index (χ1) is 12.2. The molecule has 2 aromatic heterocycles. The molecule has 0 N–H and O–H groups in total. The molecule has 1 saturated heterocycles. The number of rotatable bonds is 3. The van der Waals surface area contributed by atoms with E-state index in [1.807, 2.05) is 59.2 Å². The molecule has 3 heterocycles. The lowest BCUT2D eigenvalue weighted by Gasteiger charge is -2.36. The van der Waals surface area contributed by atoms with Gasteiger partial charge < -0.3 is 4.90 Å². The Bertz CT molecular complexity index is 896. The van der Waals surface area contributed by atoms with Gasteiger partial charge in [0.1, 0.15) is 0 Å². The van der Waals surface area contributed by atoms with Crippen molar-refractivity contribution in [1.82, 2.24) is 19.7 Å². The molecule has 0 unspecified atom stereocenters. The van der Waals surface area contributed by atoms with E-state index < -0.39 is 0 Å². The molecular weight excluding hydrogens is 312 g/mol. The van der Waals surface area contributed by atoms with Crippen molar-refractivity contribution in [1.29, 1.82) is 0 Å². The first kappa shape index (κ1) is 15.8. The molecule has 4 rings (SSSR count). The van der Waals surface area contributed by atoms with Crippen molar-refractivity contribution in [3.05, 3.63) is 60.0 Å². The SMILES string of the molecule is Cc1cnn(C[C@H]2CCCCN2C(=O)c2cccc3ncccc23)c1. The Balaban J connectivity index is 1.64. The van der Waals surface area contributed by atoms with E-state index in [-0.39, 0.29) is 11.9 Å². The van der Waals surface area contributed by atoms with Crippen LogP contribution in [0, 0.1) is 6.92 Å². The number of benzene rings is 1. The molecule has 0 spiro atoms. The number of likely N-dealkylation sites (tertiary alicyclic amines) is 1.